The first-order valence-corrected chi connectivity index (χ1v) is 18.7. The zero-order chi connectivity index (χ0) is 36.5. The number of hydrogen-bond donors (Lipinski definition) is 2. The number of hydrogen-bond acceptors (Lipinski definition) is 2. The fraction of sp³-hybridized carbons (Fsp3) is 0.0408. The van der Waals surface area contributed by atoms with Crippen LogP contribution in [0.4, 0.5) is 0 Å². The number of aryl methyl sites for hydroxylation is 1. The number of H-pyrrole nitrogens is 1. The molecule has 0 radical (unpaired) electrons. The summed E-state index contributed by atoms with van der Waals surface area (Å²) in [6, 6.07) is 59.4. The summed E-state index contributed by atoms with van der Waals surface area (Å²) in [4.78, 5) is 13.0. The van der Waals surface area contributed by atoms with E-state index in [1.807, 2.05) is 48.5 Å². The van der Waals surface area contributed by atoms with E-state index in [1.54, 1.807) is 0 Å². The van der Waals surface area contributed by atoms with Crippen LogP contribution in [0.1, 0.15) is 16.8 Å². The predicted molar refractivity (Wildman–Crippen MR) is 224 cm³/mol. The molecule has 0 unspecified atom stereocenters. The van der Waals surface area contributed by atoms with E-state index < -0.39 is 0 Å². The van der Waals surface area contributed by atoms with Crippen LogP contribution in [0, 0.1) is 5.41 Å². The molecule has 11 rings (SSSR count). The topological polar surface area (TPSA) is 74.8 Å². The lowest BCUT2D eigenvalue weighted by atomic mass is 9.91. The maximum absolute atomic E-state index is 9.08. The highest BCUT2D eigenvalue weighted by molar-refractivity contribution is 6.09. The normalized spacial score (nSPS) is 12.8. The molecule has 6 heteroatoms. The van der Waals surface area contributed by atoms with Crippen LogP contribution in [0.25, 0.3) is 77.4 Å². The van der Waals surface area contributed by atoms with Crippen LogP contribution in [-0.2, 0) is 12.8 Å². The molecule has 0 bridgehead atoms. The quantitative estimate of drug-likeness (QED) is 0.139. The number of aromatic nitrogens is 4. The lowest BCUT2D eigenvalue weighted by Gasteiger charge is -2.20. The monoisotopic (exact) mass is 706 g/mol. The number of aromatic amines is 1. The van der Waals surface area contributed by atoms with Crippen molar-refractivity contribution in [3.63, 3.8) is 0 Å². The second kappa shape index (κ2) is 12.4. The largest absolute Gasteiger partial charge is 0.323 e. The van der Waals surface area contributed by atoms with E-state index in [0.29, 0.717) is 11.2 Å². The van der Waals surface area contributed by atoms with Gasteiger partial charge in [-0.2, -0.15) is 4.99 Å². The molecule has 55 heavy (non-hydrogen) atoms. The van der Waals surface area contributed by atoms with E-state index in [-0.39, 0.29) is 5.84 Å². The number of para-hydroxylation sites is 3. The van der Waals surface area contributed by atoms with Crippen LogP contribution in [-0.4, -0.2) is 24.9 Å². The molecule has 0 atom stereocenters. The van der Waals surface area contributed by atoms with Gasteiger partial charge in [-0.15, -0.1) is 0 Å². The third-order valence-corrected chi connectivity index (χ3v) is 11.1. The van der Waals surface area contributed by atoms with Gasteiger partial charge in [0.05, 0.1) is 27.9 Å². The lowest BCUT2D eigenvalue weighted by molar-refractivity contribution is 0.863. The smallest absolute Gasteiger partial charge is 0.229 e. The van der Waals surface area contributed by atoms with Gasteiger partial charge in [0.2, 0.25) is 5.62 Å². The first kappa shape index (κ1) is 31.2. The molecule has 0 amide bonds. The minimum absolute atomic E-state index is 0.143. The molecule has 2 N–H and O–H groups in total. The first-order chi connectivity index (χ1) is 27.2. The number of amidine groups is 1. The molecule has 6 nitrogen and oxygen atoms in total. The highest BCUT2D eigenvalue weighted by atomic mass is 15.0. The highest BCUT2D eigenvalue weighted by Gasteiger charge is 2.31. The first-order valence-electron chi connectivity index (χ1n) is 18.7. The second-order valence-corrected chi connectivity index (χ2v) is 14.2. The summed E-state index contributed by atoms with van der Waals surface area (Å²) in [5.74, 6) is 0.143. The number of rotatable bonds is 4. The van der Waals surface area contributed by atoms with E-state index in [9.17, 15) is 0 Å². The average molecular weight is 707 g/mol. The molecule has 3 aromatic heterocycles. The molecule has 260 valence electrons. The van der Waals surface area contributed by atoms with Crippen molar-refractivity contribution in [1.82, 2.24) is 19.1 Å². The van der Waals surface area contributed by atoms with Crippen LogP contribution >= 0.6 is 0 Å². The molecule has 7 aromatic carbocycles. The van der Waals surface area contributed by atoms with Crippen molar-refractivity contribution in [3.8, 4) is 33.9 Å². The van der Waals surface area contributed by atoms with Crippen molar-refractivity contribution >= 4 is 49.3 Å². The molecule has 0 aliphatic heterocycles. The molecule has 1 aliphatic carbocycles. The molecular weight excluding hydrogens is 673 g/mol. The molecule has 0 fully saturated rings. The number of nitrogens with one attached hydrogen (secondary N) is 2. The Bertz CT molecular complexity index is 3200. The van der Waals surface area contributed by atoms with Gasteiger partial charge in [-0.1, -0.05) is 109 Å². The number of fused-ring (bicyclic) bond motifs is 9. The van der Waals surface area contributed by atoms with Crippen molar-refractivity contribution < 1.29 is 0 Å². The molecule has 1 aliphatic rings. The van der Waals surface area contributed by atoms with E-state index in [0.717, 1.165) is 40.7 Å². The van der Waals surface area contributed by atoms with Crippen molar-refractivity contribution in [2.24, 2.45) is 4.99 Å². The van der Waals surface area contributed by atoms with Gasteiger partial charge >= 0.3 is 0 Å². The molecule has 0 saturated carbocycles. The summed E-state index contributed by atoms with van der Waals surface area (Å²) < 4.78 is 4.91. The van der Waals surface area contributed by atoms with E-state index in [1.165, 1.54) is 60.8 Å². The Morgan fingerprint density at radius 3 is 2.04 bits per heavy atom. The predicted octanol–water partition coefficient (Wildman–Crippen LogP) is 11.0. The Hall–Kier alpha value is -7.31. The molecule has 10 aromatic rings. The van der Waals surface area contributed by atoms with Gasteiger partial charge < -0.3 is 14.1 Å². The minimum Gasteiger partial charge on any atom is -0.323 e. The van der Waals surface area contributed by atoms with Crippen molar-refractivity contribution in [3.05, 3.63) is 192 Å². The third-order valence-electron chi connectivity index (χ3n) is 11.1. The zero-order valence-electron chi connectivity index (χ0n) is 29.9. The minimum atomic E-state index is 0.143. The van der Waals surface area contributed by atoms with Crippen LogP contribution < -0.4 is 5.62 Å². The Morgan fingerprint density at radius 2 is 1.24 bits per heavy atom. The Morgan fingerprint density at radius 1 is 0.582 bits per heavy atom. The Kier molecular flexibility index (Phi) is 7.04. The maximum Gasteiger partial charge on any atom is 0.229 e. The summed E-state index contributed by atoms with van der Waals surface area (Å²) in [6.07, 6.45) is 1.89. The SMILES string of the molecule is N=C(/N=c1/nc(-c2ccccc2)c2ccccc2[nH]1)c1ccc(-n2c3c(c4ccccc42)CCc2c-3c3cc4ccccc4cc3n2-c2ccccc2)cc1. The van der Waals surface area contributed by atoms with E-state index in [4.69, 9.17) is 15.4 Å². The molecule has 0 saturated heterocycles. The fourth-order valence-electron chi connectivity index (χ4n) is 8.65. The number of nitrogens with zero attached hydrogens (tertiary/aromatic N) is 4. The average Bonchev–Trinajstić information content (AvgIpc) is 3.75. The van der Waals surface area contributed by atoms with Crippen LogP contribution in [0.2, 0.25) is 0 Å². The van der Waals surface area contributed by atoms with Crippen LogP contribution in [0.5, 0.6) is 0 Å². The summed E-state index contributed by atoms with van der Waals surface area (Å²) in [7, 11) is 0. The highest BCUT2D eigenvalue weighted by Crippen LogP contribution is 2.48. The van der Waals surface area contributed by atoms with Gasteiger partial charge in [-0.25, -0.2) is 4.98 Å². The third kappa shape index (κ3) is 4.99. The Balaban J connectivity index is 1.07. The Labute approximate surface area is 316 Å². The van der Waals surface area contributed by atoms with E-state index >= 15 is 0 Å². The van der Waals surface area contributed by atoms with Crippen molar-refractivity contribution in [2.75, 3.05) is 0 Å². The molecular formula is C49H34N6. The number of benzene rings is 7. The summed E-state index contributed by atoms with van der Waals surface area (Å²) in [5, 5.41) is 15.1. The standard InChI is InChI=1S/C49H34N6/c50-48(53-49-51-41-21-11-9-20-39(41)46(52-49)31-13-3-1-4-14-31)32-23-25-36(26-24-32)55-42-22-12-10-19-37(42)38-27-28-43-45(47(38)55)40-29-33-15-7-8-16-34(33)30-44(40)54(43)35-17-5-2-6-18-35/h1-26,29-30H,27-28H2,(H2,50,51,52,53). The van der Waals surface area contributed by atoms with Gasteiger partial charge in [0, 0.05) is 49.9 Å². The summed E-state index contributed by atoms with van der Waals surface area (Å²) in [6.45, 7) is 0. The van der Waals surface area contributed by atoms with Gasteiger partial charge in [-0.05, 0) is 89.8 Å². The maximum atomic E-state index is 9.08. The molecule has 3 heterocycles. The van der Waals surface area contributed by atoms with Gasteiger partial charge in [0.15, 0.2) is 5.84 Å². The van der Waals surface area contributed by atoms with E-state index in [2.05, 4.69) is 135 Å². The fourth-order valence-corrected chi connectivity index (χ4v) is 8.65. The zero-order valence-corrected chi connectivity index (χ0v) is 29.9. The van der Waals surface area contributed by atoms with Gasteiger partial charge in [0.25, 0.3) is 0 Å². The van der Waals surface area contributed by atoms with Crippen LogP contribution in [0.15, 0.2) is 175 Å². The summed E-state index contributed by atoms with van der Waals surface area (Å²) >= 11 is 0. The van der Waals surface area contributed by atoms with Crippen molar-refractivity contribution in [1.29, 1.82) is 5.41 Å². The second-order valence-electron chi connectivity index (χ2n) is 14.2. The van der Waals surface area contributed by atoms with Gasteiger partial charge in [-0.3, -0.25) is 5.41 Å². The van der Waals surface area contributed by atoms with Gasteiger partial charge in [0.1, 0.15) is 0 Å². The molecule has 0 spiro atoms. The summed E-state index contributed by atoms with van der Waals surface area (Å²) in [5.41, 5.74) is 13.7. The van der Waals surface area contributed by atoms with Crippen molar-refractivity contribution in [2.45, 2.75) is 12.8 Å². The van der Waals surface area contributed by atoms with Crippen LogP contribution in [0.3, 0.4) is 0 Å². The lowest BCUT2D eigenvalue weighted by Crippen LogP contribution is -2.17.